The SMILES string of the molecule is Nc1c(Cl)cc(Br)cc1CNC1CCC(O)CC1. The van der Waals surface area contributed by atoms with Gasteiger partial charge < -0.3 is 16.2 Å². The summed E-state index contributed by atoms with van der Waals surface area (Å²) < 4.78 is 0.942. The van der Waals surface area contributed by atoms with Gasteiger partial charge in [0, 0.05) is 17.1 Å². The van der Waals surface area contributed by atoms with Gasteiger partial charge in [0.2, 0.25) is 0 Å². The number of hydrogen-bond acceptors (Lipinski definition) is 3. The number of anilines is 1. The third-order valence-corrected chi connectivity index (χ3v) is 4.23. The minimum absolute atomic E-state index is 0.117. The van der Waals surface area contributed by atoms with E-state index in [1.54, 1.807) is 6.07 Å². The van der Waals surface area contributed by atoms with Crippen LogP contribution < -0.4 is 11.1 Å². The summed E-state index contributed by atoms with van der Waals surface area (Å²) in [5, 5.41) is 13.5. The summed E-state index contributed by atoms with van der Waals surface area (Å²) in [6, 6.07) is 4.26. The number of rotatable bonds is 3. The van der Waals surface area contributed by atoms with Gasteiger partial charge in [-0.15, -0.1) is 0 Å². The van der Waals surface area contributed by atoms with Crippen molar-refractivity contribution in [2.75, 3.05) is 5.73 Å². The number of nitrogens with two attached hydrogens (primary N) is 1. The zero-order valence-electron chi connectivity index (χ0n) is 10.1. The molecular weight excluding hydrogens is 316 g/mol. The number of aliphatic hydroxyl groups excluding tert-OH is 1. The first-order valence-electron chi connectivity index (χ1n) is 6.21. The van der Waals surface area contributed by atoms with Crippen LogP contribution in [0, 0.1) is 0 Å². The molecule has 5 heteroatoms. The maximum Gasteiger partial charge on any atom is 0.0649 e. The van der Waals surface area contributed by atoms with Gasteiger partial charge in [-0.2, -0.15) is 0 Å². The van der Waals surface area contributed by atoms with Crippen LogP contribution in [0.25, 0.3) is 0 Å². The molecule has 100 valence electrons. The number of aliphatic hydroxyl groups is 1. The molecule has 0 radical (unpaired) electrons. The molecule has 0 atom stereocenters. The quantitative estimate of drug-likeness (QED) is 0.745. The van der Waals surface area contributed by atoms with Gasteiger partial charge in [-0.3, -0.25) is 0 Å². The lowest BCUT2D eigenvalue weighted by molar-refractivity contribution is 0.116. The highest BCUT2D eigenvalue weighted by atomic mass is 79.9. The van der Waals surface area contributed by atoms with Crippen molar-refractivity contribution in [3.8, 4) is 0 Å². The van der Waals surface area contributed by atoms with Crippen molar-refractivity contribution < 1.29 is 5.11 Å². The lowest BCUT2D eigenvalue weighted by Gasteiger charge is -2.26. The molecule has 0 aromatic heterocycles. The Hall–Kier alpha value is -0.290. The molecule has 0 spiro atoms. The maximum atomic E-state index is 9.46. The van der Waals surface area contributed by atoms with Crippen molar-refractivity contribution in [3.05, 3.63) is 27.2 Å². The Bertz CT molecular complexity index is 420. The van der Waals surface area contributed by atoms with Crippen molar-refractivity contribution in [2.24, 2.45) is 0 Å². The molecule has 3 nitrogen and oxygen atoms in total. The number of nitrogens with one attached hydrogen (secondary N) is 1. The lowest BCUT2D eigenvalue weighted by Crippen LogP contribution is -2.34. The summed E-state index contributed by atoms with van der Waals surface area (Å²) in [5.74, 6) is 0. The smallest absolute Gasteiger partial charge is 0.0649 e. The minimum atomic E-state index is -0.117. The predicted molar refractivity (Wildman–Crippen MR) is 78.7 cm³/mol. The van der Waals surface area contributed by atoms with Gasteiger partial charge in [-0.05, 0) is 43.4 Å². The van der Waals surface area contributed by atoms with Gasteiger partial charge in [0.25, 0.3) is 0 Å². The van der Waals surface area contributed by atoms with Gasteiger partial charge in [0.05, 0.1) is 16.8 Å². The van der Waals surface area contributed by atoms with Crippen LogP contribution in [-0.4, -0.2) is 17.3 Å². The Morgan fingerprint density at radius 2 is 2.00 bits per heavy atom. The van der Waals surface area contributed by atoms with E-state index < -0.39 is 0 Å². The van der Waals surface area contributed by atoms with Crippen LogP contribution in [0.1, 0.15) is 31.2 Å². The molecule has 1 aliphatic rings. The second-order valence-electron chi connectivity index (χ2n) is 4.85. The second kappa shape index (κ2) is 6.24. The molecule has 0 aliphatic heterocycles. The van der Waals surface area contributed by atoms with E-state index in [2.05, 4.69) is 21.2 Å². The molecule has 0 bridgehead atoms. The van der Waals surface area contributed by atoms with E-state index >= 15 is 0 Å². The third-order valence-electron chi connectivity index (χ3n) is 3.46. The van der Waals surface area contributed by atoms with E-state index in [9.17, 15) is 5.11 Å². The lowest BCUT2D eigenvalue weighted by atomic mass is 9.93. The van der Waals surface area contributed by atoms with Crippen molar-refractivity contribution in [3.63, 3.8) is 0 Å². The highest BCUT2D eigenvalue weighted by Crippen LogP contribution is 2.28. The summed E-state index contributed by atoms with van der Waals surface area (Å²) >= 11 is 9.46. The minimum Gasteiger partial charge on any atom is -0.397 e. The van der Waals surface area contributed by atoms with Gasteiger partial charge >= 0.3 is 0 Å². The van der Waals surface area contributed by atoms with E-state index in [0.29, 0.717) is 23.3 Å². The Kier molecular flexibility index (Phi) is 4.90. The van der Waals surface area contributed by atoms with Gasteiger partial charge in [-0.1, -0.05) is 27.5 Å². The van der Waals surface area contributed by atoms with E-state index in [1.165, 1.54) is 0 Å². The molecule has 0 unspecified atom stereocenters. The standard InChI is InChI=1S/C13H18BrClN2O/c14-9-5-8(13(16)12(15)6-9)7-17-10-1-3-11(18)4-2-10/h5-6,10-11,17-18H,1-4,7,16H2. The molecular formula is C13H18BrClN2O. The molecule has 1 aliphatic carbocycles. The van der Waals surface area contributed by atoms with E-state index in [0.717, 1.165) is 35.7 Å². The Morgan fingerprint density at radius 1 is 1.33 bits per heavy atom. The van der Waals surface area contributed by atoms with Gasteiger partial charge in [0.1, 0.15) is 0 Å². The topological polar surface area (TPSA) is 58.3 Å². The van der Waals surface area contributed by atoms with Crippen LogP contribution in [0.2, 0.25) is 5.02 Å². The average Bonchev–Trinajstić information content (AvgIpc) is 2.34. The van der Waals surface area contributed by atoms with Crippen LogP contribution >= 0.6 is 27.5 Å². The number of nitrogen functional groups attached to an aromatic ring is 1. The molecule has 0 amide bonds. The first-order chi connectivity index (χ1) is 8.56. The van der Waals surface area contributed by atoms with Crippen molar-refractivity contribution >= 4 is 33.2 Å². The molecule has 2 rings (SSSR count). The summed E-state index contributed by atoms with van der Waals surface area (Å²) in [7, 11) is 0. The summed E-state index contributed by atoms with van der Waals surface area (Å²) in [4.78, 5) is 0. The van der Waals surface area contributed by atoms with Gasteiger partial charge in [-0.25, -0.2) is 0 Å². The number of halogens is 2. The van der Waals surface area contributed by atoms with E-state index in [-0.39, 0.29) is 6.10 Å². The Morgan fingerprint density at radius 3 is 2.67 bits per heavy atom. The largest absolute Gasteiger partial charge is 0.397 e. The monoisotopic (exact) mass is 332 g/mol. The normalized spacial score (nSPS) is 24.2. The molecule has 18 heavy (non-hydrogen) atoms. The van der Waals surface area contributed by atoms with E-state index in [1.807, 2.05) is 6.07 Å². The van der Waals surface area contributed by atoms with Crippen molar-refractivity contribution in [1.82, 2.24) is 5.32 Å². The highest BCUT2D eigenvalue weighted by molar-refractivity contribution is 9.10. The zero-order chi connectivity index (χ0) is 13.1. The fraction of sp³-hybridized carbons (Fsp3) is 0.538. The summed E-state index contributed by atoms with van der Waals surface area (Å²) in [6.07, 6.45) is 3.68. The summed E-state index contributed by atoms with van der Waals surface area (Å²) in [5.41, 5.74) is 7.61. The maximum absolute atomic E-state index is 9.46. The molecule has 0 saturated heterocycles. The van der Waals surface area contributed by atoms with Gasteiger partial charge in [0.15, 0.2) is 0 Å². The van der Waals surface area contributed by atoms with Crippen LogP contribution in [0.15, 0.2) is 16.6 Å². The second-order valence-corrected chi connectivity index (χ2v) is 6.17. The van der Waals surface area contributed by atoms with Crippen LogP contribution in [0.3, 0.4) is 0 Å². The highest BCUT2D eigenvalue weighted by Gasteiger charge is 2.19. The Labute approximate surface area is 121 Å². The van der Waals surface area contributed by atoms with Crippen LogP contribution in [0.4, 0.5) is 5.69 Å². The fourth-order valence-electron chi connectivity index (χ4n) is 2.32. The third kappa shape index (κ3) is 3.60. The average molecular weight is 334 g/mol. The van der Waals surface area contributed by atoms with Crippen LogP contribution in [-0.2, 0) is 6.54 Å². The fourth-order valence-corrected chi connectivity index (χ4v) is 3.19. The first-order valence-corrected chi connectivity index (χ1v) is 7.38. The molecule has 1 aromatic rings. The number of benzene rings is 1. The summed E-state index contributed by atoms with van der Waals surface area (Å²) in [6.45, 7) is 0.714. The Balaban J connectivity index is 1.94. The van der Waals surface area contributed by atoms with E-state index in [4.69, 9.17) is 17.3 Å². The van der Waals surface area contributed by atoms with Crippen LogP contribution in [0.5, 0.6) is 0 Å². The molecule has 0 heterocycles. The predicted octanol–water partition coefficient (Wildman–Crippen LogP) is 3.08. The zero-order valence-corrected chi connectivity index (χ0v) is 12.5. The van der Waals surface area contributed by atoms with Crippen molar-refractivity contribution in [2.45, 2.75) is 44.4 Å². The molecule has 1 aromatic carbocycles. The molecule has 1 saturated carbocycles. The first kappa shape index (κ1) is 14.1. The number of hydrogen-bond donors (Lipinski definition) is 3. The molecule has 4 N–H and O–H groups in total. The molecule has 1 fully saturated rings. The van der Waals surface area contributed by atoms with Crippen molar-refractivity contribution in [1.29, 1.82) is 0 Å².